The highest BCUT2D eigenvalue weighted by atomic mass is 35.5. The Morgan fingerprint density at radius 2 is 1.89 bits per heavy atom. The number of pyridine rings is 3. The van der Waals surface area contributed by atoms with Crippen LogP contribution in [0.5, 0.6) is 5.75 Å². The van der Waals surface area contributed by atoms with Gasteiger partial charge in [-0.25, -0.2) is 8.78 Å². The Hall–Kier alpha value is -3.59. The summed E-state index contributed by atoms with van der Waals surface area (Å²) in [6.07, 6.45) is 7.46. The first kappa shape index (κ1) is 28.0. The van der Waals surface area contributed by atoms with Crippen molar-refractivity contribution in [1.82, 2.24) is 19.4 Å². The number of carbonyl (C=O) groups is 1. The highest BCUT2D eigenvalue weighted by Crippen LogP contribution is 2.42. The van der Waals surface area contributed by atoms with Crippen LogP contribution in [-0.2, 0) is 6.61 Å². The van der Waals surface area contributed by atoms with Gasteiger partial charge in [-0.1, -0.05) is 25.4 Å². The molecule has 3 aromatic rings. The summed E-state index contributed by atoms with van der Waals surface area (Å²) in [6, 6.07) is 3.85. The predicted octanol–water partition coefficient (Wildman–Crippen LogP) is 5.61. The Bertz CT molecular complexity index is 1380. The van der Waals surface area contributed by atoms with Crippen molar-refractivity contribution in [3.63, 3.8) is 0 Å². The van der Waals surface area contributed by atoms with Crippen molar-refractivity contribution in [1.29, 1.82) is 0 Å². The fourth-order valence-electron chi connectivity index (χ4n) is 3.58. The molecule has 1 aliphatic rings. The summed E-state index contributed by atoms with van der Waals surface area (Å²) in [6.45, 7) is 5.36. The minimum atomic E-state index is -0.863. The fraction of sp³-hybridized carbons (Fsp3) is 0.333. The van der Waals surface area contributed by atoms with Gasteiger partial charge in [0, 0.05) is 50.4 Å². The van der Waals surface area contributed by atoms with Crippen molar-refractivity contribution < 1.29 is 18.3 Å². The lowest BCUT2D eigenvalue weighted by Gasteiger charge is -2.17. The van der Waals surface area contributed by atoms with Gasteiger partial charge in [0.25, 0.3) is 5.56 Å². The van der Waals surface area contributed by atoms with Crippen LogP contribution in [0.4, 0.5) is 8.78 Å². The number of ketones is 1. The first-order valence-corrected chi connectivity index (χ1v) is 12.3. The van der Waals surface area contributed by atoms with Gasteiger partial charge in [-0.15, -0.1) is 0 Å². The van der Waals surface area contributed by atoms with Crippen LogP contribution < -0.4 is 10.3 Å². The van der Waals surface area contributed by atoms with Gasteiger partial charge in [-0.3, -0.25) is 24.1 Å². The summed E-state index contributed by atoms with van der Waals surface area (Å²) < 4.78 is 34.0. The summed E-state index contributed by atoms with van der Waals surface area (Å²) in [5.74, 6) is -1.68. The average molecular weight is 531 g/mol. The fourth-order valence-corrected chi connectivity index (χ4v) is 3.77. The number of aromatic nitrogens is 3. The molecule has 3 heterocycles. The number of halogens is 3. The van der Waals surface area contributed by atoms with Gasteiger partial charge in [-0.05, 0) is 37.3 Å². The van der Waals surface area contributed by atoms with Crippen LogP contribution >= 0.6 is 11.6 Å². The number of ether oxygens (including phenoxy) is 1. The summed E-state index contributed by atoms with van der Waals surface area (Å²) in [5.41, 5.74) is 1.41. The normalized spacial score (nSPS) is 12.8. The van der Waals surface area contributed by atoms with E-state index in [1.54, 1.807) is 50.4 Å². The van der Waals surface area contributed by atoms with Crippen LogP contribution in [0.2, 0.25) is 5.02 Å². The van der Waals surface area contributed by atoms with E-state index < -0.39 is 17.2 Å². The largest absolute Gasteiger partial charge is 0.485 e. The molecule has 0 aliphatic heterocycles. The van der Waals surface area contributed by atoms with Gasteiger partial charge in [0.05, 0.1) is 11.9 Å². The number of aryl methyl sites for hydroxylation is 1. The molecule has 4 rings (SSSR count). The molecule has 0 aromatic carbocycles. The minimum absolute atomic E-state index is 0.0446. The zero-order valence-corrected chi connectivity index (χ0v) is 22.1. The zero-order chi connectivity index (χ0) is 27.3. The van der Waals surface area contributed by atoms with Gasteiger partial charge in [0.15, 0.2) is 5.82 Å². The monoisotopic (exact) mass is 530 g/mol. The first-order valence-electron chi connectivity index (χ1n) is 11.9. The highest BCUT2D eigenvalue weighted by molar-refractivity contribution is 6.31. The van der Waals surface area contributed by atoms with E-state index in [-0.39, 0.29) is 40.5 Å². The van der Waals surface area contributed by atoms with Gasteiger partial charge in [0.1, 0.15) is 34.6 Å². The Balaban J connectivity index is 0.00000186. The molecule has 3 aromatic heterocycles. The third-order valence-electron chi connectivity index (χ3n) is 5.49. The Morgan fingerprint density at radius 3 is 2.51 bits per heavy atom. The second kappa shape index (κ2) is 12.1. The van der Waals surface area contributed by atoms with E-state index in [9.17, 15) is 18.4 Å². The lowest BCUT2D eigenvalue weighted by molar-refractivity contribution is 0.104. The molecule has 10 heteroatoms. The Morgan fingerprint density at radius 1 is 1.19 bits per heavy atom. The van der Waals surface area contributed by atoms with E-state index in [0.717, 1.165) is 24.6 Å². The van der Waals surface area contributed by atoms with Gasteiger partial charge in [0.2, 0.25) is 5.78 Å². The average Bonchev–Trinajstić information content (AvgIpc) is 3.71. The molecular formula is C27H29ClF2N4O3. The lowest BCUT2D eigenvalue weighted by atomic mass is 10.1. The van der Waals surface area contributed by atoms with E-state index in [1.807, 2.05) is 13.8 Å². The molecular weight excluding hydrogens is 502 g/mol. The number of nitrogens with zero attached hydrogens (tertiary/aromatic N) is 4. The molecule has 0 saturated heterocycles. The molecule has 0 N–H and O–H groups in total. The number of hydrogen-bond acceptors (Lipinski definition) is 6. The second-order valence-corrected chi connectivity index (χ2v) is 8.90. The standard InChI is InChI=1S/C25H23ClF2N4O3.C2H6/c1-14-8-23(35-13-20-18(28)9-16(27)11-29-20)24(26)25(34)32(14)21-10-19(22(33)6-7-31(2)3)30-12-17(21)15-4-5-15;1-2/h6-12,15H,4-5,13H2,1-3H3;1-2H3/b7-6+;. The predicted molar refractivity (Wildman–Crippen MR) is 139 cm³/mol. The lowest BCUT2D eigenvalue weighted by Crippen LogP contribution is -2.23. The Kier molecular flexibility index (Phi) is 9.15. The van der Waals surface area contributed by atoms with E-state index >= 15 is 0 Å². The van der Waals surface area contributed by atoms with Crippen LogP contribution in [0, 0.1) is 18.6 Å². The molecule has 0 radical (unpaired) electrons. The zero-order valence-electron chi connectivity index (χ0n) is 21.4. The van der Waals surface area contributed by atoms with E-state index in [0.29, 0.717) is 17.4 Å². The molecule has 1 fully saturated rings. The van der Waals surface area contributed by atoms with Crippen molar-refractivity contribution in [2.75, 3.05) is 14.1 Å². The van der Waals surface area contributed by atoms with Crippen LogP contribution in [-0.4, -0.2) is 39.3 Å². The molecule has 0 atom stereocenters. The third kappa shape index (κ3) is 6.60. The molecule has 0 amide bonds. The molecule has 0 unspecified atom stereocenters. The smallest absolute Gasteiger partial charge is 0.277 e. The maximum Gasteiger partial charge on any atom is 0.277 e. The number of carbonyl (C=O) groups excluding carboxylic acids is 1. The third-order valence-corrected chi connectivity index (χ3v) is 5.84. The van der Waals surface area contributed by atoms with Crippen molar-refractivity contribution in [3.8, 4) is 11.4 Å². The highest BCUT2D eigenvalue weighted by Gasteiger charge is 2.29. The SMILES string of the molecule is CC.Cc1cc(OCc2ncc(F)cc2F)c(Cl)c(=O)n1-c1cc(C(=O)/C=C/N(C)C)ncc1C1CC1. The van der Waals surface area contributed by atoms with Crippen molar-refractivity contribution in [2.24, 2.45) is 0 Å². The molecule has 37 heavy (non-hydrogen) atoms. The molecule has 0 bridgehead atoms. The summed E-state index contributed by atoms with van der Waals surface area (Å²) in [7, 11) is 3.60. The first-order chi connectivity index (χ1) is 17.7. The topological polar surface area (TPSA) is 77.3 Å². The van der Waals surface area contributed by atoms with Crippen LogP contribution in [0.3, 0.4) is 0 Å². The Labute approximate surface area is 219 Å². The summed E-state index contributed by atoms with van der Waals surface area (Å²) in [5, 5.41) is -0.211. The van der Waals surface area contributed by atoms with Crippen molar-refractivity contribution in [2.45, 2.75) is 46.1 Å². The quantitative estimate of drug-likeness (QED) is 0.278. The molecule has 1 saturated carbocycles. The van der Waals surface area contributed by atoms with Gasteiger partial charge >= 0.3 is 0 Å². The number of allylic oxidation sites excluding steroid dienone is 1. The van der Waals surface area contributed by atoms with Crippen LogP contribution in [0.15, 0.2) is 47.7 Å². The van der Waals surface area contributed by atoms with Crippen molar-refractivity contribution >= 4 is 17.4 Å². The molecule has 0 spiro atoms. The molecule has 196 valence electrons. The maximum atomic E-state index is 13.9. The van der Waals surface area contributed by atoms with E-state index in [2.05, 4.69) is 9.97 Å². The second-order valence-electron chi connectivity index (χ2n) is 8.52. The number of hydrogen-bond donors (Lipinski definition) is 0. The van der Waals surface area contributed by atoms with Crippen LogP contribution in [0.1, 0.15) is 60.0 Å². The van der Waals surface area contributed by atoms with Crippen molar-refractivity contribution in [3.05, 3.63) is 92.5 Å². The maximum absolute atomic E-state index is 13.9. The van der Waals surface area contributed by atoms with Crippen LogP contribution in [0.25, 0.3) is 5.69 Å². The van der Waals surface area contributed by atoms with E-state index in [4.69, 9.17) is 16.3 Å². The van der Waals surface area contributed by atoms with Gasteiger partial charge < -0.3 is 9.64 Å². The summed E-state index contributed by atoms with van der Waals surface area (Å²) >= 11 is 6.35. The number of rotatable bonds is 8. The van der Waals surface area contributed by atoms with Gasteiger partial charge in [-0.2, -0.15) is 0 Å². The summed E-state index contributed by atoms with van der Waals surface area (Å²) in [4.78, 5) is 35.7. The molecule has 7 nitrogen and oxygen atoms in total. The molecule has 1 aliphatic carbocycles. The van der Waals surface area contributed by atoms with E-state index in [1.165, 1.54) is 10.6 Å². The minimum Gasteiger partial charge on any atom is -0.485 e.